The van der Waals surface area contributed by atoms with Gasteiger partial charge in [-0.3, -0.25) is 0 Å². The summed E-state index contributed by atoms with van der Waals surface area (Å²) in [5.41, 5.74) is 3.30. The number of fused-ring (bicyclic) bond motifs is 5. The Bertz CT molecular complexity index is 546. The molecule has 5 unspecified atom stereocenters. The van der Waals surface area contributed by atoms with Crippen molar-refractivity contribution in [1.82, 2.24) is 0 Å². The van der Waals surface area contributed by atoms with E-state index < -0.39 is 0 Å². The Hall–Kier alpha value is -1.05. The van der Waals surface area contributed by atoms with Gasteiger partial charge in [-0.15, -0.1) is 0 Å². The van der Waals surface area contributed by atoms with Crippen LogP contribution in [-0.2, 0) is 0 Å². The molecule has 2 fully saturated rings. The molecule has 5 atom stereocenters. The van der Waals surface area contributed by atoms with Crippen molar-refractivity contribution in [3.63, 3.8) is 0 Å². The quantitative estimate of drug-likeness (QED) is 0.333. The van der Waals surface area contributed by atoms with Crippen LogP contribution in [0.1, 0.15) is 72.6 Å². The van der Waals surface area contributed by atoms with Gasteiger partial charge in [0.05, 0.1) is 5.71 Å². The maximum Gasteiger partial charge on any atom is 0.0795 e. The predicted octanol–water partition coefficient (Wildman–Crippen LogP) is 5.97. The molecule has 4 aliphatic rings. The Balaban J connectivity index is 0.000000753. The average Bonchev–Trinajstić information content (AvgIpc) is 2.97. The summed E-state index contributed by atoms with van der Waals surface area (Å²) in [6.07, 6.45) is 15.9. The molecule has 2 heteroatoms. The molecule has 0 amide bonds. The fraction of sp³-hybridized carbons (Fsp3) is 0.762. The SMILES string of the molecule is CC.CC12C=CCC1C1CCC3=C/C(=N/O)CCC3(C)C1CC2. The van der Waals surface area contributed by atoms with Crippen molar-refractivity contribution in [2.75, 3.05) is 0 Å². The third kappa shape index (κ3) is 2.49. The fourth-order valence-corrected chi connectivity index (χ4v) is 6.13. The van der Waals surface area contributed by atoms with E-state index >= 15 is 0 Å². The number of rotatable bonds is 0. The third-order valence-electron chi connectivity index (χ3n) is 7.43. The second-order valence-electron chi connectivity index (χ2n) is 8.28. The normalized spacial score (nSPS) is 46.2. The number of oxime groups is 1. The maximum absolute atomic E-state index is 9.09. The third-order valence-corrected chi connectivity index (χ3v) is 7.43. The van der Waals surface area contributed by atoms with E-state index in [1.807, 2.05) is 13.8 Å². The Labute approximate surface area is 141 Å². The fourth-order valence-electron chi connectivity index (χ4n) is 6.13. The van der Waals surface area contributed by atoms with Crippen LogP contribution in [0.5, 0.6) is 0 Å². The van der Waals surface area contributed by atoms with Gasteiger partial charge >= 0.3 is 0 Å². The van der Waals surface area contributed by atoms with Crippen LogP contribution in [0.25, 0.3) is 0 Å². The Kier molecular flexibility index (Phi) is 4.46. The van der Waals surface area contributed by atoms with E-state index in [-0.39, 0.29) is 0 Å². The van der Waals surface area contributed by atoms with Crippen LogP contribution >= 0.6 is 0 Å². The Morgan fingerprint density at radius 3 is 2.61 bits per heavy atom. The van der Waals surface area contributed by atoms with E-state index in [0.717, 1.165) is 29.9 Å². The largest absolute Gasteiger partial charge is 0.411 e. The lowest BCUT2D eigenvalue weighted by molar-refractivity contribution is -0.0221. The topological polar surface area (TPSA) is 32.6 Å². The van der Waals surface area contributed by atoms with Crippen molar-refractivity contribution in [1.29, 1.82) is 0 Å². The first-order valence-electron chi connectivity index (χ1n) is 9.66. The summed E-state index contributed by atoms with van der Waals surface area (Å²) in [5, 5.41) is 12.6. The van der Waals surface area contributed by atoms with Gasteiger partial charge in [-0.1, -0.05) is 50.6 Å². The Morgan fingerprint density at radius 2 is 1.87 bits per heavy atom. The van der Waals surface area contributed by atoms with Gasteiger partial charge in [-0.25, -0.2) is 0 Å². The predicted molar refractivity (Wildman–Crippen MR) is 96.8 cm³/mol. The number of nitrogens with zero attached hydrogens (tertiary/aromatic N) is 1. The van der Waals surface area contributed by atoms with Crippen LogP contribution < -0.4 is 0 Å². The molecular weight excluding hydrogens is 282 g/mol. The van der Waals surface area contributed by atoms with Gasteiger partial charge < -0.3 is 5.21 Å². The van der Waals surface area contributed by atoms with Crippen LogP contribution in [0.15, 0.2) is 29.0 Å². The minimum absolute atomic E-state index is 0.362. The molecule has 0 aromatic rings. The van der Waals surface area contributed by atoms with Crippen molar-refractivity contribution in [2.24, 2.45) is 33.7 Å². The monoisotopic (exact) mass is 315 g/mol. The Morgan fingerprint density at radius 1 is 1.09 bits per heavy atom. The van der Waals surface area contributed by atoms with Crippen LogP contribution in [0.2, 0.25) is 0 Å². The standard InChI is InChI=1S/C19H27NO.C2H6/c1-18-9-3-4-16(18)15-6-5-13-12-14(20-21)7-11-19(13,2)17(15)8-10-18;1-2/h3,9,12,15-17,21H,4-8,10-11H2,1-2H3;1-2H3/b20-14+;. The summed E-state index contributed by atoms with van der Waals surface area (Å²) < 4.78 is 0. The van der Waals surface area contributed by atoms with Gasteiger partial charge in [-0.2, -0.15) is 0 Å². The van der Waals surface area contributed by atoms with Crippen molar-refractivity contribution in [3.05, 3.63) is 23.8 Å². The van der Waals surface area contributed by atoms with Gasteiger partial charge in [0.1, 0.15) is 0 Å². The minimum Gasteiger partial charge on any atom is -0.411 e. The van der Waals surface area contributed by atoms with E-state index in [9.17, 15) is 0 Å². The molecule has 0 aliphatic heterocycles. The lowest BCUT2D eigenvalue weighted by Crippen LogP contribution is -2.49. The zero-order valence-electron chi connectivity index (χ0n) is 15.3. The van der Waals surface area contributed by atoms with Crippen LogP contribution in [0, 0.1) is 28.6 Å². The van der Waals surface area contributed by atoms with E-state index in [0.29, 0.717) is 10.8 Å². The summed E-state index contributed by atoms with van der Waals surface area (Å²) in [4.78, 5) is 0. The summed E-state index contributed by atoms with van der Waals surface area (Å²) in [6.45, 7) is 8.98. The van der Waals surface area contributed by atoms with E-state index in [1.165, 1.54) is 38.5 Å². The molecule has 0 radical (unpaired) electrons. The number of hydrogen-bond acceptors (Lipinski definition) is 2. The first-order valence-corrected chi connectivity index (χ1v) is 9.66. The van der Waals surface area contributed by atoms with E-state index in [1.54, 1.807) is 5.57 Å². The molecule has 4 rings (SSSR count). The molecule has 2 nitrogen and oxygen atoms in total. The van der Waals surface area contributed by atoms with Crippen LogP contribution in [0.3, 0.4) is 0 Å². The summed E-state index contributed by atoms with van der Waals surface area (Å²) >= 11 is 0. The first-order chi connectivity index (χ1) is 11.1. The summed E-state index contributed by atoms with van der Waals surface area (Å²) in [6, 6.07) is 0. The second kappa shape index (κ2) is 6.11. The molecule has 23 heavy (non-hydrogen) atoms. The molecule has 4 aliphatic carbocycles. The molecule has 0 bridgehead atoms. The van der Waals surface area contributed by atoms with Crippen molar-refractivity contribution in [2.45, 2.75) is 72.6 Å². The molecule has 0 heterocycles. The zero-order valence-corrected chi connectivity index (χ0v) is 15.3. The highest BCUT2D eigenvalue weighted by Gasteiger charge is 2.54. The molecule has 0 saturated heterocycles. The molecule has 1 N–H and O–H groups in total. The highest BCUT2D eigenvalue weighted by Crippen LogP contribution is 2.63. The zero-order chi connectivity index (χ0) is 16.7. The van der Waals surface area contributed by atoms with Gasteiger partial charge in [0.15, 0.2) is 0 Å². The minimum atomic E-state index is 0.362. The van der Waals surface area contributed by atoms with E-state index in [2.05, 4.69) is 37.2 Å². The van der Waals surface area contributed by atoms with Gasteiger partial charge in [0.2, 0.25) is 0 Å². The van der Waals surface area contributed by atoms with Crippen LogP contribution in [-0.4, -0.2) is 10.9 Å². The number of allylic oxidation sites excluding steroid dienone is 4. The van der Waals surface area contributed by atoms with Crippen molar-refractivity contribution < 1.29 is 5.21 Å². The molecule has 128 valence electrons. The molecule has 0 aromatic carbocycles. The second-order valence-corrected chi connectivity index (χ2v) is 8.28. The van der Waals surface area contributed by atoms with Crippen LogP contribution in [0.4, 0.5) is 0 Å². The highest BCUT2D eigenvalue weighted by molar-refractivity contribution is 5.96. The average molecular weight is 316 g/mol. The lowest BCUT2D eigenvalue weighted by atomic mass is 9.47. The van der Waals surface area contributed by atoms with Crippen molar-refractivity contribution in [3.8, 4) is 0 Å². The molecule has 0 aromatic heterocycles. The highest BCUT2D eigenvalue weighted by atomic mass is 16.4. The first kappa shape index (κ1) is 16.8. The van der Waals surface area contributed by atoms with Gasteiger partial charge in [-0.05, 0) is 79.6 Å². The molecular formula is C21H33NO. The summed E-state index contributed by atoms with van der Waals surface area (Å²) in [7, 11) is 0. The van der Waals surface area contributed by atoms with Gasteiger partial charge in [0.25, 0.3) is 0 Å². The maximum atomic E-state index is 9.09. The van der Waals surface area contributed by atoms with Crippen molar-refractivity contribution >= 4 is 5.71 Å². The van der Waals surface area contributed by atoms with E-state index in [4.69, 9.17) is 5.21 Å². The smallest absolute Gasteiger partial charge is 0.0795 e. The number of hydrogen-bond donors (Lipinski definition) is 1. The molecule has 2 saturated carbocycles. The van der Waals surface area contributed by atoms with Gasteiger partial charge in [0, 0.05) is 0 Å². The lowest BCUT2D eigenvalue weighted by Gasteiger charge is -2.57. The summed E-state index contributed by atoms with van der Waals surface area (Å²) in [5.74, 6) is 2.62. The molecule has 0 spiro atoms.